The molecule has 8 heteroatoms. The Kier molecular flexibility index (Phi) is 6.23. The number of rotatable bonds is 6. The first kappa shape index (κ1) is 23.4. The molecule has 1 saturated heterocycles. The van der Waals surface area contributed by atoms with Crippen LogP contribution in [-0.4, -0.2) is 52.2 Å². The number of sulfone groups is 1. The summed E-state index contributed by atoms with van der Waals surface area (Å²) in [6, 6.07) is 17.0. The summed E-state index contributed by atoms with van der Waals surface area (Å²) in [4.78, 5) is 20.1. The van der Waals surface area contributed by atoms with Crippen LogP contribution in [0.5, 0.6) is 0 Å². The van der Waals surface area contributed by atoms with Gasteiger partial charge in [-0.2, -0.15) is 0 Å². The van der Waals surface area contributed by atoms with Crippen LogP contribution in [0.3, 0.4) is 0 Å². The maximum Gasteiger partial charge on any atom is 0.270 e. The largest absolute Gasteiger partial charge is 0.340 e. The number of para-hydroxylation sites is 1. The molecule has 0 N–H and O–H groups in total. The fourth-order valence-corrected chi connectivity index (χ4v) is 6.17. The van der Waals surface area contributed by atoms with Gasteiger partial charge in [0.25, 0.3) is 5.91 Å². The van der Waals surface area contributed by atoms with Crippen molar-refractivity contribution in [2.24, 2.45) is 7.05 Å². The number of likely N-dealkylation sites (tertiary alicyclic amines) is 1. The Balaban J connectivity index is 1.23. The predicted octanol–water partition coefficient (Wildman–Crippen LogP) is 4.18. The number of piperidine rings is 1. The molecule has 1 aliphatic rings. The number of benzene rings is 2. The second-order valence-corrected chi connectivity index (χ2v) is 11.4. The third-order valence-corrected chi connectivity index (χ3v) is 8.76. The summed E-state index contributed by atoms with van der Waals surface area (Å²) in [5, 5.41) is 1.07. The molecule has 0 unspecified atom stereocenters. The summed E-state index contributed by atoms with van der Waals surface area (Å²) >= 11 is 0. The highest BCUT2D eigenvalue weighted by Gasteiger charge is 2.28. The summed E-state index contributed by atoms with van der Waals surface area (Å²) in [5.41, 5.74) is 2.78. The van der Waals surface area contributed by atoms with Crippen molar-refractivity contribution >= 4 is 26.6 Å². The molecule has 2 aromatic carbocycles. The molecule has 182 valence electrons. The SMILES string of the molecule is Cc1ccc(S(=O)(=O)CCn2ccnc2C2CCN(C(=O)c3cc4ccccc4n3C)CC2)cc1. The van der Waals surface area contributed by atoms with Gasteiger partial charge < -0.3 is 14.0 Å². The lowest BCUT2D eigenvalue weighted by molar-refractivity contribution is 0.0701. The molecule has 1 amide bonds. The first-order chi connectivity index (χ1) is 16.8. The number of nitrogens with zero attached hydrogens (tertiary/aromatic N) is 4. The van der Waals surface area contributed by atoms with Crippen molar-refractivity contribution in [1.29, 1.82) is 0 Å². The van der Waals surface area contributed by atoms with Crippen LogP contribution in [-0.2, 0) is 23.4 Å². The van der Waals surface area contributed by atoms with E-state index in [-0.39, 0.29) is 17.6 Å². The lowest BCUT2D eigenvalue weighted by Crippen LogP contribution is -2.39. The van der Waals surface area contributed by atoms with Crippen molar-refractivity contribution in [1.82, 2.24) is 19.0 Å². The molecule has 3 heterocycles. The van der Waals surface area contributed by atoms with E-state index in [0.717, 1.165) is 35.1 Å². The van der Waals surface area contributed by atoms with Crippen molar-refractivity contribution in [3.63, 3.8) is 0 Å². The van der Waals surface area contributed by atoms with E-state index in [0.29, 0.717) is 30.2 Å². The maximum atomic E-state index is 13.2. The number of aromatic nitrogens is 3. The van der Waals surface area contributed by atoms with Crippen molar-refractivity contribution < 1.29 is 13.2 Å². The zero-order valence-electron chi connectivity index (χ0n) is 20.1. The number of carbonyl (C=O) groups is 1. The minimum atomic E-state index is -3.37. The first-order valence-corrected chi connectivity index (χ1v) is 13.6. The minimum Gasteiger partial charge on any atom is -0.340 e. The van der Waals surface area contributed by atoms with Crippen molar-refractivity contribution in [2.45, 2.75) is 37.1 Å². The maximum absolute atomic E-state index is 13.2. The molecule has 0 aliphatic carbocycles. The summed E-state index contributed by atoms with van der Waals surface area (Å²) in [6.45, 7) is 3.61. The molecule has 0 radical (unpaired) electrons. The Morgan fingerprint density at radius 3 is 2.49 bits per heavy atom. The second kappa shape index (κ2) is 9.34. The van der Waals surface area contributed by atoms with Gasteiger partial charge >= 0.3 is 0 Å². The van der Waals surface area contributed by atoms with Crippen LogP contribution in [0.1, 0.15) is 40.6 Å². The third kappa shape index (κ3) is 4.62. The fraction of sp³-hybridized carbons (Fsp3) is 0.333. The van der Waals surface area contributed by atoms with Crippen LogP contribution in [0.2, 0.25) is 0 Å². The van der Waals surface area contributed by atoms with E-state index in [1.165, 1.54) is 0 Å². The van der Waals surface area contributed by atoms with Crippen LogP contribution >= 0.6 is 0 Å². The highest BCUT2D eigenvalue weighted by atomic mass is 32.2. The van der Waals surface area contributed by atoms with Crippen molar-refractivity contribution in [2.75, 3.05) is 18.8 Å². The van der Waals surface area contributed by atoms with E-state index in [2.05, 4.69) is 4.98 Å². The van der Waals surface area contributed by atoms with E-state index < -0.39 is 9.84 Å². The Morgan fingerprint density at radius 2 is 1.77 bits per heavy atom. The minimum absolute atomic E-state index is 0.0256. The smallest absolute Gasteiger partial charge is 0.270 e. The topological polar surface area (TPSA) is 77.2 Å². The number of carbonyl (C=O) groups excluding carboxylic acids is 1. The number of hydrogen-bond acceptors (Lipinski definition) is 4. The Hall–Kier alpha value is -3.39. The molecule has 0 atom stereocenters. The Labute approximate surface area is 205 Å². The molecular weight excluding hydrogens is 460 g/mol. The first-order valence-electron chi connectivity index (χ1n) is 12.0. The molecule has 1 aliphatic heterocycles. The van der Waals surface area contributed by atoms with Gasteiger partial charge in [-0.1, -0.05) is 35.9 Å². The predicted molar refractivity (Wildman–Crippen MR) is 136 cm³/mol. The lowest BCUT2D eigenvalue weighted by Gasteiger charge is -2.32. The standard InChI is InChI=1S/C27H30N4O3S/c1-20-7-9-23(10-8-20)35(33,34)18-17-30-16-13-28-26(30)21-11-14-31(15-12-21)27(32)25-19-22-5-3-4-6-24(22)29(25)2/h3-10,13,16,19,21H,11-12,14-15,17-18H2,1-2H3. The van der Waals surface area contributed by atoms with Gasteiger partial charge in [0.05, 0.1) is 10.6 Å². The van der Waals surface area contributed by atoms with Gasteiger partial charge in [-0.15, -0.1) is 0 Å². The molecule has 1 fully saturated rings. The van der Waals surface area contributed by atoms with E-state index in [1.54, 1.807) is 18.3 Å². The summed E-state index contributed by atoms with van der Waals surface area (Å²) in [7, 11) is -1.44. The van der Waals surface area contributed by atoms with E-state index in [4.69, 9.17) is 0 Å². The van der Waals surface area contributed by atoms with Gasteiger partial charge in [0.15, 0.2) is 9.84 Å². The van der Waals surface area contributed by atoms with Gasteiger partial charge in [-0.3, -0.25) is 4.79 Å². The van der Waals surface area contributed by atoms with Gasteiger partial charge in [0.1, 0.15) is 11.5 Å². The fourth-order valence-electron chi connectivity index (χ4n) is 4.95. The number of hydrogen-bond donors (Lipinski definition) is 0. The quantitative estimate of drug-likeness (QED) is 0.406. The van der Waals surface area contributed by atoms with Gasteiger partial charge in [0.2, 0.25) is 0 Å². The van der Waals surface area contributed by atoms with Crippen LogP contribution in [0.4, 0.5) is 0 Å². The molecule has 5 rings (SSSR count). The zero-order valence-corrected chi connectivity index (χ0v) is 20.9. The van der Waals surface area contributed by atoms with Gasteiger partial charge in [0, 0.05) is 55.9 Å². The Morgan fingerprint density at radius 1 is 1.06 bits per heavy atom. The normalized spacial score (nSPS) is 15.1. The molecular formula is C27H30N4O3S. The highest BCUT2D eigenvalue weighted by Crippen LogP contribution is 2.29. The van der Waals surface area contributed by atoms with E-state index >= 15 is 0 Å². The van der Waals surface area contributed by atoms with Crippen LogP contribution < -0.4 is 0 Å². The molecule has 0 bridgehead atoms. The number of aryl methyl sites for hydroxylation is 3. The zero-order chi connectivity index (χ0) is 24.6. The molecule has 2 aromatic heterocycles. The van der Waals surface area contributed by atoms with Crippen LogP contribution in [0, 0.1) is 6.92 Å². The summed E-state index contributed by atoms with van der Waals surface area (Å²) in [6.07, 6.45) is 5.20. The number of fused-ring (bicyclic) bond motifs is 1. The van der Waals surface area contributed by atoms with Crippen LogP contribution in [0.15, 0.2) is 71.9 Å². The number of imidazole rings is 1. The third-order valence-electron chi connectivity index (χ3n) is 7.05. The summed E-state index contributed by atoms with van der Waals surface area (Å²) < 4.78 is 29.5. The van der Waals surface area contributed by atoms with E-state index in [9.17, 15) is 13.2 Å². The Bertz CT molecular complexity index is 1460. The second-order valence-electron chi connectivity index (χ2n) is 9.32. The highest BCUT2D eigenvalue weighted by molar-refractivity contribution is 7.91. The van der Waals surface area contributed by atoms with Crippen molar-refractivity contribution in [3.05, 3.63) is 84.1 Å². The molecule has 0 spiro atoms. The summed E-state index contributed by atoms with van der Waals surface area (Å²) in [5.74, 6) is 1.18. The van der Waals surface area contributed by atoms with E-state index in [1.807, 2.05) is 76.7 Å². The molecule has 0 saturated carbocycles. The molecule has 4 aromatic rings. The average Bonchev–Trinajstić information content (AvgIpc) is 3.47. The molecule has 7 nitrogen and oxygen atoms in total. The van der Waals surface area contributed by atoms with Crippen molar-refractivity contribution in [3.8, 4) is 0 Å². The van der Waals surface area contributed by atoms with Gasteiger partial charge in [-0.05, 0) is 44.0 Å². The van der Waals surface area contributed by atoms with Crippen LogP contribution in [0.25, 0.3) is 10.9 Å². The monoisotopic (exact) mass is 490 g/mol. The molecule has 35 heavy (non-hydrogen) atoms. The van der Waals surface area contributed by atoms with Gasteiger partial charge in [-0.25, -0.2) is 13.4 Å². The lowest BCUT2D eigenvalue weighted by atomic mass is 9.95. The average molecular weight is 491 g/mol. The number of amides is 1.